The molecule has 1 aromatic carbocycles. The van der Waals surface area contributed by atoms with Crippen molar-refractivity contribution in [2.24, 2.45) is 0 Å². The van der Waals surface area contributed by atoms with Gasteiger partial charge in [-0.1, -0.05) is 0 Å². The van der Waals surface area contributed by atoms with Crippen LogP contribution in [0.5, 0.6) is 5.75 Å². The molecule has 0 bridgehead atoms. The van der Waals surface area contributed by atoms with E-state index in [0.717, 1.165) is 7.05 Å². The minimum absolute atomic E-state index is 0.138. The van der Waals surface area contributed by atoms with Crippen molar-refractivity contribution in [3.63, 3.8) is 0 Å². The third-order valence-electron chi connectivity index (χ3n) is 2.72. The SMILES string of the molecule is COc1ccc(S(=O)(=O)N(C)CC(F)(F)F)c(CCCl)c1. The molecule has 0 saturated heterocycles. The molecule has 0 aliphatic carbocycles. The zero-order valence-electron chi connectivity index (χ0n) is 11.4. The Labute approximate surface area is 126 Å². The number of alkyl halides is 4. The Bertz CT molecular complexity index is 590. The van der Waals surface area contributed by atoms with Crippen LogP contribution in [-0.2, 0) is 16.4 Å². The monoisotopic (exact) mass is 345 g/mol. The van der Waals surface area contributed by atoms with E-state index in [4.69, 9.17) is 16.3 Å². The topological polar surface area (TPSA) is 46.6 Å². The van der Waals surface area contributed by atoms with Gasteiger partial charge >= 0.3 is 6.18 Å². The van der Waals surface area contributed by atoms with Crippen LogP contribution in [0, 0.1) is 0 Å². The molecule has 1 rings (SSSR count). The Balaban J connectivity index is 3.24. The van der Waals surface area contributed by atoms with Gasteiger partial charge in [-0.05, 0) is 30.2 Å². The number of benzene rings is 1. The molecule has 120 valence electrons. The van der Waals surface area contributed by atoms with Crippen molar-refractivity contribution in [3.05, 3.63) is 23.8 Å². The summed E-state index contributed by atoms with van der Waals surface area (Å²) in [6, 6.07) is 4.06. The summed E-state index contributed by atoms with van der Waals surface area (Å²) in [6.07, 6.45) is -4.41. The summed E-state index contributed by atoms with van der Waals surface area (Å²) in [5.74, 6) is 0.547. The fourth-order valence-electron chi connectivity index (χ4n) is 1.74. The first-order valence-corrected chi connectivity index (χ1v) is 7.85. The zero-order chi connectivity index (χ0) is 16.3. The number of rotatable bonds is 6. The molecule has 21 heavy (non-hydrogen) atoms. The minimum Gasteiger partial charge on any atom is -0.497 e. The van der Waals surface area contributed by atoms with Crippen LogP contribution in [0.1, 0.15) is 5.56 Å². The third-order valence-corrected chi connectivity index (χ3v) is 4.81. The van der Waals surface area contributed by atoms with Crippen LogP contribution in [0.3, 0.4) is 0 Å². The van der Waals surface area contributed by atoms with E-state index in [9.17, 15) is 21.6 Å². The molecular formula is C12H15ClF3NO3S. The van der Waals surface area contributed by atoms with E-state index in [0.29, 0.717) is 11.3 Å². The molecule has 0 saturated carbocycles. The smallest absolute Gasteiger partial charge is 0.402 e. The number of hydrogen-bond donors (Lipinski definition) is 0. The van der Waals surface area contributed by atoms with Crippen molar-refractivity contribution >= 4 is 21.6 Å². The van der Waals surface area contributed by atoms with Crippen LogP contribution < -0.4 is 4.74 Å². The molecule has 0 spiro atoms. The number of ether oxygens (including phenoxy) is 1. The predicted molar refractivity (Wildman–Crippen MR) is 73.3 cm³/mol. The van der Waals surface area contributed by atoms with Crippen molar-refractivity contribution in [3.8, 4) is 5.75 Å². The molecular weight excluding hydrogens is 331 g/mol. The number of halogens is 4. The Morgan fingerprint density at radius 1 is 1.33 bits per heavy atom. The van der Waals surface area contributed by atoms with Gasteiger partial charge in [-0.15, -0.1) is 11.6 Å². The lowest BCUT2D eigenvalue weighted by Crippen LogP contribution is -2.36. The molecule has 0 unspecified atom stereocenters. The Morgan fingerprint density at radius 2 is 1.95 bits per heavy atom. The standard InChI is InChI=1S/C12H15ClF3NO3S/c1-17(8-12(14,15)16)21(18,19)11-4-3-10(20-2)7-9(11)5-6-13/h3-4,7H,5-6,8H2,1-2H3. The second kappa shape index (κ2) is 6.85. The number of nitrogens with zero attached hydrogens (tertiary/aromatic N) is 1. The summed E-state index contributed by atoms with van der Waals surface area (Å²) >= 11 is 5.61. The minimum atomic E-state index is -4.61. The average Bonchev–Trinajstić information content (AvgIpc) is 2.36. The van der Waals surface area contributed by atoms with E-state index in [-0.39, 0.29) is 21.5 Å². The Kier molecular flexibility index (Phi) is 5.89. The maximum absolute atomic E-state index is 12.4. The number of aryl methyl sites for hydroxylation is 1. The predicted octanol–water partition coefficient (Wildman–Crippen LogP) is 2.66. The second-order valence-electron chi connectivity index (χ2n) is 4.29. The largest absolute Gasteiger partial charge is 0.497 e. The van der Waals surface area contributed by atoms with Crippen molar-refractivity contribution in [2.45, 2.75) is 17.5 Å². The van der Waals surface area contributed by atoms with Crippen LogP contribution in [-0.4, -0.2) is 45.5 Å². The molecule has 1 aromatic rings. The van der Waals surface area contributed by atoms with Gasteiger partial charge < -0.3 is 4.74 Å². The van der Waals surface area contributed by atoms with Gasteiger partial charge in [-0.3, -0.25) is 0 Å². The van der Waals surface area contributed by atoms with E-state index in [1.54, 1.807) is 0 Å². The molecule has 0 radical (unpaired) electrons. The molecule has 0 atom stereocenters. The molecule has 0 aliphatic rings. The first-order valence-electron chi connectivity index (χ1n) is 5.88. The number of hydrogen-bond acceptors (Lipinski definition) is 3. The van der Waals surface area contributed by atoms with Gasteiger partial charge in [0.25, 0.3) is 0 Å². The normalized spacial score (nSPS) is 12.7. The van der Waals surface area contributed by atoms with Gasteiger partial charge in [-0.2, -0.15) is 17.5 Å². The van der Waals surface area contributed by atoms with Crippen LogP contribution in [0.2, 0.25) is 0 Å². The lowest BCUT2D eigenvalue weighted by atomic mass is 10.1. The molecule has 0 aliphatic heterocycles. The Morgan fingerprint density at radius 3 is 2.43 bits per heavy atom. The molecule has 0 fully saturated rings. The van der Waals surface area contributed by atoms with Gasteiger partial charge in [0, 0.05) is 12.9 Å². The summed E-state index contributed by atoms with van der Waals surface area (Å²) in [5.41, 5.74) is 0.318. The molecule has 9 heteroatoms. The second-order valence-corrected chi connectivity index (χ2v) is 6.68. The first kappa shape index (κ1) is 18.1. The van der Waals surface area contributed by atoms with Crippen molar-refractivity contribution in [2.75, 3.05) is 26.6 Å². The Hall–Kier alpha value is -0.990. The number of methoxy groups -OCH3 is 1. The molecule has 4 nitrogen and oxygen atoms in total. The van der Waals surface area contributed by atoms with Crippen molar-refractivity contribution in [1.82, 2.24) is 4.31 Å². The molecule has 0 aromatic heterocycles. The summed E-state index contributed by atoms with van der Waals surface area (Å²) < 4.78 is 66.9. The lowest BCUT2D eigenvalue weighted by molar-refractivity contribution is -0.134. The van der Waals surface area contributed by atoms with Gasteiger partial charge in [0.1, 0.15) is 12.3 Å². The highest BCUT2D eigenvalue weighted by molar-refractivity contribution is 7.89. The number of sulfonamides is 1. The van der Waals surface area contributed by atoms with Gasteiger partial charge in [0.05, 0.1) is 12.0 Å². The first-order chi connectivity index (χ1) is 9.61. The average molecular weight is 346 g/mol. The highest BCUT2D eigenvalue weighted by Crippen LogP contribution is 2.27. The van der Waals surface area contributed by atoms with Crippen molar-refractivity contribution < 1.29 is 26.3 Å². The quantitative estimate of drug-likeness (QED) is 0.745. The fraction of sp³-hybridized carbons (Fsp3) is 0.500. The highest BCUT2D eigenvalue weighted by atomic mass is 35.5. The van der Waals surface area contributed by atoms with E-state index in [1.165, 1.54) is 25.3 Å². The summed E-state index contributed by atoms with van der Waals surface area (Å²) in [7, 11) is -1.96. The van der Waals surface area contributed by atoms with Gasteiger partial charge in [0.2, 0.25) is 10.0 Å². The van der Waals surface area contributed by atoms with E-state index in [1.807, 2.05) is 0 Å². The van der Waals surface area contributed by atoms with Crippen LogP contribution >= 0.6 is 11.6 Å². The molecule has 0 heterocycles. The van der Waals surface area contributed by atoms with E-state index >= 15 is 0 Å². The van der Waals surface area contributed by atoms with Crippen LogP contribution in [0.4, 0.5) is 13.2 Å². The van der Waals surface area contributed by atoms with E-state index in [2.05, 4.69) is 0 Å². The maximum Gasteiger partial charge on any atom is 0.402 e. The van der Waals surface area contributed by atoms with Crippen LogP contribution in [0.15, 0.2) is 23.1 Å². The summed E-state index contributed by atoms with van der Waals surface area (Å²) in [6.45, 7) is -1.55. The summed E-state index contributed by atoms with van der Waals surface area (Å²) in [4.78, 5) is -0.198. The van der Waals surface area contributed by atoms with E-state index < -0.39 is 22.7 Å². The van der Waals surface area contributed by atoms with Gasteiger partial charge in [0.15, 0.2) is 0 Å². The van der Waals surface area contributed by atoms with Gasteiger partial charge in [-0.25, -0.2) is 8.42 Å². The third kappa shape index (κ3) is 4.76. The maximum atomic E-state index is 12.4. The van der Waals surface area contributed by atoms with Crippen LogP contribution in [0.25, 0.3) is 0 Å². The van der Waals surface area contributed by atoms with Crippen molar-refractivity contribution in [1.29, 1.82) is 0 Å². The molecule has 0 amide bonds. The fourth-order valence-corrected chi connectivity index (χ4v) is 3.33. The lowest BCUT2D eigenvalue weighted by Gasteiger charge is -2.20. The highest BCUT2D eigenvalue weighted by Gasteiger charge is 2.35. The summed E-state index contributed by atoms with van der Waals surface area (Å²) in [5, 5.41) is 0. The molecule has 0 N–H and O–H groups in total. The zero-order valence-corrected chi connectivity index (χ0v) is 13.0.